The first-order valence-electron chi connectivity index (χ1n) is 5.97. The van der Waals surface area contributed by atoms with Crippen LogP contribution in [0.25, 0.3) is 0 Å². The van der Waals surface area contributed by atoms with E-state index in [4.69, 9.17) is 4.74 Å². The fraction of sp³-hybridized carbons (Fsp3) is 0.417. The molecule has 0 aromatic heterocycles. The van der Waals surface area contributed by atoms with Gasteiger partial charge >= 0.3 is 0 Å². The SMILES string of the molecule is COCCNC(=O)CCNS(=O)(=O)c1ccccc1Br. The smallest absolute Gasteiger partial charge is 0.241 e. The summed E-state index contributed by atoms with van der Waals surface area (Å²) in [5.41, 5.74) is 0. The van der Waals surface area contributed by atoms with Gasteiger partial charge in [0.25, 0.3) is 0 Å². The second-order valence-corrected chi connectivity index (χ2v) is 6.51. The predicted octanol–water partition coefficient (Wildman–Crippen LogP) is 0.880. The van der Waals surface area contributed by atoms with Gasteiger partial charge in [-0.05, 0) is 28.1 Å². The van der Waals surface area contributed by atoms with Crippen LogP contribution in [0.3, 0.4) is 0 Å². The maximum Gasteiger partial charge on any atom is 0.241 e. The second kappa shape index (κ2) is 8.35. The third kappa shape index (κ3) is 5.58. The van der Waals surface area contributed by atoms with Gasteiger partial charge in [-0.3, -0.25) is 4.79 Å². The van der Waals surface area contributed by atoms with Gasteiger partial charge in [0.2, 0.25) is 15.9 Å². The monoisotopic (exact) mass is 364 g/mol. The largest absolute Gasteiger partial charge is 0.383 e. The second-order valence-electron chi connectivity index (χ2n) is 3.92. The molecule has 0 fully saturated rings. The standard InChI is InChI=1S/C12H17BrN2O4S/c1-19-9-8-14-12(16)6-7-15-20(17,18)11-5-3-2-4-10(11)13/h2-5,15H,6-9H2,1H3,(H,14,16). The van der Waals surface area contributed by atoms with Gasteiger partial charge in [0.1, 0.15) is 0 Å². The number of methoxy groups -OCH3 is 1. The summed E-state index contributed by atoms with van der Waals surface area (Å²) in [7, 11) is -2.07. The number of sulfonamides is 1. The summed E-state index contributed by atoms with van der Waals surface area (Å²) in [6.07, 6.45) is 0.0768. The quantitative estimate of drug-likeness (QED) is 0.670. The van der Waals surface area contributed by atoms with Crippen molar-refractivity contribution in [2.45, 2.75) is 11.3 Å². The van der Waals surface area contributed by atoms with E-state index in [-0.39, 0.29) is 23.8 Å². The average Bonchev–Trinajstić information content (AvgIpc) is 2.39. The van der Waals surface area contributed by atoms with E-state index in [0.717, 1.165) is 0 Å². The number of hydrogen-bond acceptors (Lipinski definition) is 4. The minimum Gasteiger partial charge on any atom is -0.383 e. The van der Waals surface area contributed by atoms with E-state index in [1.165, 1.54) is 13.2 Å². The molecule has 0 radical (unpaired) electrons. The molecule has 6 nitrogen and oxygen atoms in total. The molecule has 0 saturated carbocycles. The first-order chi connectivity index (χ1) is 9.47. The van der Waals surface area contributed by atoms with Gasteiger partial charge in [-0.2, -0.15) is 0 Å². The van der Waals surface area contributed by atoms with Crippen molar-refractivity contribution in [3.8, 4) is 0 Å². The van der Waals surface area contributed by atoms with Crippen LogP contribution in [0.1, 0.15) is 6.42 Å². The summed E-state index contributed by atoms with van der Waals surface area (Å²) >= 11 is 3.18. The molecule has 0 spiro atoms. The van der Waals surface area contributed by atoms with Crippen LogP contribution >= 0.6 is 15.9 Å². The molecular weight excluding hydrogens is 348 g/mol. The van der Waals surface area contributed by atoms with Crippen LogP contribution in [0.15, 0.2) is 33.6 Å². The molecule has 112 valence electrons. The lowest BCUT2D eigenvalue weighted by Crippen LogP contribution is -2.32. The normalized spacial score (nSPS) is 11.3. The maximum absolute atomic E-state index is 12.0. The van der Waals surface area contributed by atoms with Gasteiger partial charge in [-0.15, -0.1) is 0 Å². The molecule has 0 aliphatic carbocycles. The lowest BCUT2D eigenvalue weighted by atomic mass is 10.4. The van der Waals surface area contributed by atoms with Gasteiger partial charge in [0.15, 0.2) is 0 Å². The van der Waals surface area contributed by atoms with Gasteiger partial charge in [-0.1, -0.05) is 12.1 Å². The molecule has 1 rings (SSSR count). The summed E-state index contributed by atoms with van der Waals surface area (Å²) < 4.78 is 31.7. The maximum atomic E-state index is 12.0. The number of rotatable bonds is 8. The number of halogens is 1. The Morgan fingerprint density at radius 3 is 2.65 bits per heavy atom. The van der Waals surface area contributed by atoms with Crippen LogP contribution in [0, 0.1) is 0 Å². The van der Waals surface area contributed by atoms with Crippen molar-refractivity contribution in [1.82, 2.24) is 10.0 Å². The van der Waals surface area contributed by atoms with E-state index < -0.39 is 10.0 Å². The predicted molar refractivity (Wildman–Crippen MR) is 78.8 cm³/mol. The third-order valence-electron chi connectivity index (χ3n) is 2.40. The molecule has 20 heavy (non-hydrogen) atoms. The zero-order chi connectivity index (χ0) is 15.0. The van der Waals surface area contributed by atoms with Crippen molar-refractivity contribution >= 4 is 31.9 Å². The molecule has 0 unspecified atom stereocenters. The summed E-state index contributed by atoms with van der Waals surface area (Å²) in [4.78, 5) is 11.5. The molecule has 1 aromatic rings. The first-order valence-corrected chi connectivity index (χ1v) is 8.25. The van der Waals surface area contributed by atoms with Gasteiger partial charge in [-0.25, -0.2) is 13.1 Å². The fourth-order valence-electron chi connectivity index (χ4n) is 1.42. The lowest BCUT2D eigenvalue weighted by Gasteiger charge is -2.08. The van der Waals surface area contributed by atoms with Crippen LogP contribution in [-0.2, 0) is 19.6 Å². The fourth-order valence-corrected chi connectivity index (χ4v) is 3.45. The van der Waals surface area contributed by atoms with Crippen molar-refractivity contribution in [2.75, 3.05) is 26.8 Å². The van der Waals surface area contributed by atoms with E-state index in [0.29, 0.717) is 17.6 Å². The van der Waals surface area contributed by atoms with E-state index in [1.807, 2.05) is 0 Å². The molecule has 0 bridgehead atoms. The number of carbonyl (C=O) groups is 1. The summed E-state index contributed by atoms with van der Waals surface area (Å²) in [6.45, 7) is 0.878. The van der Waals surface area contributed by atoms with E-state index >= 15 is 0 Å². The zero-order valence-corrected chi connectivity index (χ0v) is 13.5. The minimum atomic E-state index is -3.61. The number of amides is 1. The highest BCUT2D eigenvalue weighted by atomic mass is 79.9. The zero-order valence-electron chi connectivity index (χ0n) is 11.1. The van der Waals surface area contributed by atoms with Crippen LogP contribution in [0.5, 0.6) is 0 Å². The Bertz CT molecular complexity index is 548. The average molecular weight is 365 g/mol. The molecule has 0 saturated heterocycles. The molecule has 2 N–H and O–H groups in total. The van der Waals surface area contributed by atoms with E-state index in [9.17, 15) is 13.2 Å². The van der Waals surface area contributed by atoms with Crippen molar-refractivity contribution in [1.29, 1.82) is 0 Å². The van der Waals surface area contributed by atoms with Crippen molar-refractivity contribution in [2.24, 2.45) is 0 Å². The van der Waals surface area contributed by atoms with Gasteiger partial charge in [0.05, 0.1) is 11.5 Å². The number of nitrogens with one attached hydrogen (secondary N) is 2. The molecule has 0 aliphatic heterocycles. The van der Waals surface area contributed by atoms with Gasteiger partial charge < -0.3 is 10.1 Å². The third-order valence-corrected chi connectivity index (χ3v) is 4.87. The molecule has 1 amide bonds. The first kappa shape index (κ1) is 17.1. The van der Waals surface area contributed by atoms with E-state index in [1.54, 1.807) is 18.2 Å². The Hall–Kier alpha value is -0.960. The number of ether oxygens (including phenoxy) is 1. The van der Waals surface area contributed by atoms with Gasteiger partial charge in [0, 0.05) is 31.1 Å². The highest BCUT2D eigenvalue weighted by molar-refractivity contribution is 9.10. The Kier molecular flexibility index (Phi) is 7.14. The molecule has 8 heteroatoms. The Labute approximate surface area is 127 Å². The number of carbonyl (C=O) groups excluding carboxylic acids is 1. The van der Waals surface area contributed by atoms with Crippen molar-refractivity contribution in [3.63, 3.8) is 0 Å². The van der Waals surface area contributed by atoms with Crippen LogP contribution < -0.4 is 10.0 Å². The topological polar surface area (TPSA) is 84.5 Å². The summed E-state index contributed by atoms with van der Waals surface area (Å²) in [5.74, 6) is -0.225. The van der Waals surface area contributed by atoms with Crippen LogP contribution in [0.4, 0.5) is 0 Å². The molecule has 0 atom stereocenters. The molecule has 1 aromatic carbocycles. The number of benzene rings is 1. The molecule has 0 heterocycles. The summed E-state index contributed by atoms with van der Waals surface area (Å²) in [5, 5.41) is 2.61. The Balaban J connectivity index is 2.45. The highest BCUT2D eigenvalue weighted by Gasteiger charge is 2.16. The number of hydrogen-bond donors (Lipinski definition) is 2. The van der Waals surface area contributed by atoms with Crippen molar-refractivity contribution in [3.05, 3.63) is 28.7 Å². The molecular formula is C12H17BrN2O4S. The van der Waals surface area contributed by atoms with Crippen molar-refractivity contribution < 1.29 is 17.9 Å². The van der Waals surface area contributed by atoms with Crippen LogP contribution in [0.2, 0.25) is 0 Å². The molecule has 0 aliphatic rings. The highest BCUT2D eigenvalue weighted by Crippen LogP contribution is 2.20. The Morgan fingerprint density at radius 2 is 2.00 bits per heavy atom. The summed E-state index contributed by atoms with van der Waals surface area (Å²) in [6, 6.07) is 6.50. The Morgan fingerprint density at radius 1 is 1.30 bits per heavy atom. The lowest BCUT2D eigenvalue weighted by molar-refractivity contribution is -0.121. The van der Waals surface area contributed by atoms with Crippen LogP contribution in [-0.4, -0.2) is 41.1 Å². The van der Waals surface area contributed by atoms with E-state index in [2.05, 4.69) is 26.0 Å². The minimum absolute atomic E-state index is 0.0441.